The predicted molar refractivity (Wildman–Crippen MR) is 288 cm³/mol. The Bertz CT molecular complexity index is 3240. The number of methoxy groups -OCH3 is 2. The summed E-state index contributed by atoms with van der Waals surface area (Å²) >= 11 is 6.14. The van der Waals surface area contributed by atoms with Crippen LogP contribution in [0, 0.1) is 0 Å². The third-order valence-corrected chi connectivity index (χ3v) is 14.1. The number of rotatable bonds is 10. The minimum absolute atomic E-state index is 0.347. The van der Waals surface area contributed by atoms with Crippen molar-refractivity contribution in [3.05, 3.63) is 138 Å². The highest BCUT2D eigenvalue weighted by Crippen LogP contribution is 2.37. The Morgan fingerprint density at radius 3 is 1.59 bits per heavy atom. The number of carbonyl (C=O) groups excluding carboxylic acids is 2. The summed E-state index contributed by atoms with van der Waals surface area (Å²) in [4.78, 5) is 46.0. The number of nitrogens with zero attached hydrogens (tertiary/aromatic N) is 10. The lowest BCUT2D eigenvalue weighted by molar-refractivity contribution is 0.00578. The van der Waals surface area contributed by atoms with Gasteiger partial charge in [-0.05, 0) is 139 Å². The van der Waals surface area contributed by atoms with E-state index in [0.29, 0.717) is 33.9 Å². The first kappa shape index (κ1) is 51.3. The smallest absolute Gasteiger partial charge is 0.465 e. The monoisotopic (exact) mass is 1020 g/mol. The molecule has 8 aromatic rings. The van der Waals surface area contributed by atoms with Crippen molar-refractivity contribution in [3.8, 4) is 11.1 Å². The second-order valence-corrected chi connectivity index (χ2v) is 19.9. The molecule has 20 heteroatoms. The van der Waals surface area contributed by atoms with Crippen molar-refractivity contribution in [2.24, 2.45) is 0 Å². The third kappa shape index (κ3) is 11.3. The summed E-state index contributed by atoms with van der Waals surface area (Å²) in [5, 5.41) is 15.8. The fraction of sp³-hybridized carbons (Fsp3) is 0.333. The Kier molecular flexibility index (Phi) is 15.2. The van der Waals surface area contributed by atoms with Crippen molar-refractivity contribution in [1.29, 1.82) is 0 Å². The second kappa shape index (κ2) is 21.9. The van der Waals surface area contributed by atoms with Crippen LogP contribution in [-0.4, -0.2) is 109 Å². The summed E-state index contributed by atoms with van der Waals surface area (Å²) in [6, 6.07) is 31.3. The van der Waals surface area contributed by atoms with Gasteiger partial charge >= 0.3 is 19.1 Å². The molecule has 0 saturated carbocycles. The maximum Gasteiger partial charge on any atom is 0.494 e. The lowest BCUT2D eigenvalue weighted by atomic mass is 9.79. The Morgan fingerprint density at radius 1 is 0.649 bits per heavy atom. The lowest BCUT2D eigenvalue weighted by Gasteiger charge is -2.32. The Balaban J connectivity index is 0.000000142. The van der Waals surface area contributed by atoms with Crippen molar-refractivity contribution in [2.75, 3.05) is 47.7 Å². The topological polar surface area (TPSA) is 188 Å². The summed E-state index contributed by atoms with van der Waals surface area (Å²) in [6.07, 6.45) is 11.5. The summed E-state index contributed by atoms with van der Waals surface area (Å²) in [6.45, 7) is 14.6. The molecule has 9 heterocycles. The number of hydrogen-bond acceptors (Lipinski definition) is 16. The Labute approximate surface area is 435 Å². The van der Waals surface area contributed by atoms with Crippen LogP contribution in [0.2, 0.25) is 5.02 Å². The van der Waals surface area contributed by atoms with Gasteiger partial charge in [0, 0.05) is 43.1 Å². The molecular formula is C54H60BClN12O6. The first-order valence-electron chi connectivity index (χ1n) is 24.7. The molecule has 2 unspecified atom stereocenters. The Hall–Kier alpha value is -7.61. The minimum Gasteiger partial charge on any atom is -0.465 e. The van der Waals surface area contributed by atoms with E-state index >= 15 is 0 Å². The molecule has 2 N–H and O–H groups in total. The van der Waals surface area contributed by atoms with Crippen molar-refractivity contribution in [1.82, 2.24) is 39.2 Å². The van der Waals surface area contributed by atoms with E-state index in [2.05, 4.69) is 71.3 Å². The van der Waals surface area contributed by atoms with Crippen LogP contribution in [-0.2, 0) is 18.8 Å². The van der Waals surface area contributed by atoms with Crippen molar-refractivity contribution in [2.45, 2.75) is 90.5 Å². The number of esters is 2. The average Bonchev–Trinajstić information content (AvgIpc) is 4.27. The van der Waals surface area contributed by atoms with E-state index in [1.807, 2.05) is 94.6 Å². The predicted octanol–water partition coefficient (Wildman–Crippen LogP) is 9.59. The number of anilines is 6. The molecule has 3 aliphatic rings. The van der Waals surface area contributed by atoms with E-state index in [4.69, 9.17) is 35.6 Å². The molecule has 0 aliphatic carbocycles. The van der Waals surface area contributed by atoms with E-state index in [0.717, 1.165) is 70.0 Å². The highest BCUT2D eigenvalue weighted by Gasteiger charge is 2.51. The molecule has 0 bridgehead atoms. The summed E-state index contributed by atoms with van der Waals surface area (Å²) in [5.74, 6) is 2.80. The van der Waals surface area contributed by atoms with Gasteiger partial charge in [-0.3, -0.25) is 0 Å². The highest BCUT2D eigenvalue weighted by molar-refractivity contribution is 6.62. The highest BCUT2D eigenvalue weighted by atomic mass is 35.5. The zero-order chi connectivity index (χ0) is 52.1. The van der Waals surface area contributed by atoms with Crippen LogP contribution in [0.5, 0.6) is 0 Å². The maximum atomic E-state index is 11.7. The number of nitrogens with one attached hydrogen (secondary N) is 2. The van der Waals surface area contributed by atoms with Gasteiger partial charge in [0.05, 0.1) is 52.9 Å². The molecule has 0 radical (unpaired) electrons. The van der Waals surface area contributed by atoms with Gasteiger partial charge in [-0.1, -0.05) is 48.0 Å². The first-order valence-corrected chi connectivity index (χ1v) is 25.0. The molecule has 6 aromatic heterocycles. The van der Waals surface area contributed by atoms with Gasteiger partial charge in [-0.2, -0.15) is 10.2 Å². The fourth-order valence-corrected chi connectivity index (χ4v) is 9.28. The molecule has 382 valence electrons. The molecule has 0 amide bonds. The zero-order valence-corrected chi connectivity index (χ0v) is 43.6. The van der Waals surface area contributed by atoms with Crippen LogP contribution < -0.4 is 25.9 Å². The van der Waals surface area contributed by atoms with E-state index in [1.165, 1.54) is 52.6 Å². The molecule has 18 nitrogen and oxygen atoms in total. The van der Waals surface area contributed by atoms with E-state index in [1.54, 1.807) is 39.5 Å². The van der Waals surface area contributed by atoms with Crippen LogP contribution in [0.4, 0.5) is 34.6 Å². The lowest BCUT2D eigenvalue weighted by Crippen LogP contribution is -2.41. The number of ether oxygens (including phenoxy) is 2. The van der Waals surface area contributed by atoms with Gasteiger partial charge in [0.2, 0.25) is 0 Å². The molecule has 0 spiro atoms. The quantitative estimate of drug-likeness (QED) is 0.0973. The summed E-state index contributed by atoms with van der Waals surface area (Å²) < 4.78 is 24.7. The minimum atomic E-state index is -0.406. The number of fused-ring (bicyclic) bond motifs is 2. The standard InChI is InChI=1S/C24H24N6O2.C16H17ClN6.C14H19BO4/c1-16-5-4-12-29(16)22-7-3-6-21(28-22)27-20-13-19(14-30-23(20)25-15-26-30)17-8-10-18(11-9-17)24(31)32-2;1-11-4-3-7-22(11)15-6-2-5-14(21-15)20-13-8-12(17)9-23-16(13)18-10-19-23;1-13(2)14(3,4)19-15(18-13)11-8-6-10(7-9-11)12(16)17-5/h3,6-11,13-16H,4-5,12H2,1-2H3,(H,27,28);2,5-6,8-11H,3-4,7H2,1H3,(H,20,21);6-9H,1-5H3. The first-order chi connectivity index (χ1) is 35.6. The van der Waals surface area contributed by atoms with Crippen LogP contribution >= 0.6 is 11.6 Å². The van der Waals surface area contributed by atoms with Crippen molar-refractivity contribution in [3.63, 3.8) is 0 Å². The van der Waals surface area contributed by atoms with E-state index in [-0.39, 0.29) is 23.1 Å². The van der Waals surface area contributed by atoms with Crippen LogP contribution in [0.15, 0.2) is 122 Å². The van der Waals surface area contributed by atoms with Gasteiger partial charge in [-0.25, -0.2) is 38.6 Å². The number of hydrogen-bond donors (Lipinski definition) is 2. The van der Waals surface area contributed by atoms with Crippen LogP contribution in [0.1, 0.15) is 87.9 Å². The Morgan fingerprint density at radius 2 is 1.12 bits per heavy atom. The maximum absolute atomic E-state index is 11.7. The summed E-state index contributed by atoms with van der Waals surface area (Å²) in [5.41, 5.74) is 6.10. The molecule has 3 aliphatic heterocycles. The number of carbonyl (C=O) groups is 2. The molecule has 3 fully saturated rings. The van der Waals surface area contributed by atoms with Crippen molar-refractivity contribution >= 4 is 82.1 Å². The second-order valence-electron chi connectivity index (χ2n) is 19.4. The summed E-state index contributed by atoms with van der Waals surface area (Å²) in [7, 11) is 2.33. The largest absolute Gasteiger partial charge is 0.494 e. The SMILES string of the molecule is CC1CCCN1c1cccc(Nc2cc(Cl)cn3ncnc23)n1.COC(=O)c1ccc(-c2cc(Nc3cccc(N4CCCC4C)n3)c3ncnn3c2)cc1.COC(=O)c1ccc(B2OC(C)(C)C(C)(C)O2)cc1. The molecule has 3 saturated heterocycles. The van der Waals surface area contributed by atoms with Gasteiger partial charge in [0.25, 0.3) is 0 Å². The zero-order valence-electron chi connectivity index (χ0n) is 42.8. The number of pyridine rings is 4. The van der Waals surface area contributed by atoms with Crippen molar-refractivity contribution < 1.29 is 28.4 Å². The van der Waals surface area contributed by atoms with Gasteiger partial charge in [-0.15, -0.1) is 0 Å². The normalized spacial score (nSPS) is 17.6. The number of benzene rings is 2. The van der Waals surface area contributed by atoms with E-state index < -0.39 is 7.12 Å². The third-order valence-electron chi connectivity index (χ3n) is 13.9. The molecular weight excluding hydrogens is 959 g/mol. The average molecular weight is 1020 g/mol. The number of aromatic nitrogens is 8. The van der Waals surface area contributed by atoms with Crippen LogP contribution in [0.3, 0.4) is 0 Å². The molecule has 2 aromatic carbocycles. The van der Waals surface area contributed by atoms with E-state index in [9.17, 15) is 9.59 Å². The van der Waals surface area contributed by atoms with Gasteiger partial charge in [0.15, 0.2) is 11.3 Å². The van der Waals surface area contributed by atoms with Gasteiger partial charge < -0.3 is 39.2 Å². The van der Waals surface area contributed by atoms with Crippen LogP contribution in [0.25, 0.3) is 22.4 Å². The molecule has 74 heavy (non-hydrogen) atoms. The molecule has 2 atom stereocenters. The molecule has 11 rings (SSSR count). The van der Waals surface area contributed by atoms with Gasteiger partial charge in [0.1, 0.15) is 35.9 Å². The fourth-order valence-electron chi connectivity index (χ4n) is 9.08. The number of halogens is 1.